The Hall–Kier alpha value is -4.84. The molecule has 6 rings (SSSR count). The average molecular weight is 502 g/mol. The van der Waals surface area contributed by atoms with Crippen LogP contribution in [0.15, 0.2) is 73.3 Å². The summed E-state index contributed by atoms with van der Waals surface area (Å²) in [6, 6.07) is 14.1. The van der Waals surface area contributed by atoms with Gasteiger partial charge in [0.05, 0.1) is 34.9 Å². The zero-order valence-corrected chi connectivity index (χ0v) is 18.9. The van der Waals surface area contributed by atoms with Crippen molar-refractivity contribution in [3.05, 3.63) is 78.9 Å². The van der Waals surface area contributed by atoms with Gasteiger partial charge in [0, 0.05) is 22.8 Å². The SMILES string of the molecule is NCC(=O)Nc1ccc(-c2ccc3ncc4c(c3c2)n(-c2cccc(C(F)(F)F)c2)c2nncn42)cn1. The van der Waals surface area contributed by atoms with Gasteiger partial charge < -0.3 is 11.1 Å². The average Bonchev–Trinajstić information content (AvgIpc) is 3.49. The molecule has 37 heavy (non-hydrogen) atoms. The van der Waals surface area contributed by atoms with Gasteiger partial charge in [0.2, 0.25) is 11.7 Å². The fraction of sp³-hybridized carbons (Fsp3) is 0.0800. The van der Waals surface area contributed by atoms with Crippen molar-refractivity contribution in [2.45, 2.75) is 6.18 Å². The highest BCUT2D eigenvalue weighted by Gasteiger charge is 2.31. The predicted molar refractivity (Wildman–Crippen MR) is 131 cm³/mol. The van der Waals surface area contributed by atoms with E-state index in [1.54, 1.807) is 39.6 Å². The van der Waals surface area contributed by atoms with E-state index >= 15 is 0 Å². The zero-order chi connectivity index (χ0) is 25.7. The number of halogens is 3. The first kappa shape index (κ1) is 22.6. The quantitative estimate of drug-likeness (QED) is 0.373. The number of fused-ring (bicyclic) bond motifs is 5. The van der Waals surface area contributed by atoms with Crippen molar-refractivity contribution in [2.24, 2.45) is 5.73 Å². The number of pyridine rings is 2. The first-order valence-corrected chi connectivity index (χ1v) is 11.1. The lowest BCUT2D eigenvalue weighted by Gasteiger charge is -2.12. The molecule has 184 valence electrons. The molecule has 0 bridgehead atoms. The minimum absolute atomic E-state index is 0.151. The molecule has 0 aliphatic carbocycles. The fourth-order valence-electron chi connectivity index (χ4n) is 4.31. The molecule has 0 aliphatic rings. The number of nitrogens with zero attached hydrogens (tertiary/aromatic N) is 6. The van der Waals surface area contributed by atoms with Crippen molar-refractivity contribution in [1.29, 1.82) is 0 Å². The Kier molecular flexibility index (Phi) is 5.12. The number of nitrogens with one attached hydrogen (secondary N) is 1. The van der Waals surface area contributed by atoms with Gasteiger partial charge in [-0.15, -0.1) is 10.2 Å². The van der Waals surface area contributed by atoms with Gasteiger partial charge in [0.25, 0.3) is 0 Å². The van der Waals surface area contributed by atoms with Crippen LogP contribution in [-0.2, 0) is 11.0 Å². The van der Waals surface area contributed by atoms with Crippen molar-refractivity contribution >= 4 is 39.4 Å². The molecule has 0 fully saturated rings. The number of rotatable bonds is 4. The number of carbonyl (C=O) groups excluding carboxylic acids is 1. The van der Waals surface area contributed by atoms with Crippen LogP contribution in [-0.4, -0.2) is 41.6 Å². The van der Waals surface area contributed by atoms with Gasteiger partial charge in [-0.25, -0.2) is 4.98 Å². The number of hydrogen-bond acceptors (Lipinski definition) is 6. The maximum atomic E-state index is 13.5. The van der Waals surface area contributed by atoms with Crippen LogP contribution in [0.2, 0.25) is 0 Å². The third kappa shape index (κ3) is 3.83. The van der Waals surface area contributed by atoms with Crippen LogP contribution in [0.4, 0.5) is 19.0 Å². The molecule has 12 heteroatoms. The molecule has 0 aliphatic heterocycles. The van der Waals surface area contributed by atoms with Gasteiger partial charge in [-0.2, -0.15) is 13.2 Å². The zero-order valence-electron chi connectivity index (χ0n) is 18.9. The number of amides is 1. The Balaban J connectivity index is 1.56. The smallest absolute Gasteiger partial charge is 0.322 e. The number of imidazole rings is 1. The van der Waals surface area contributed by atoms with Crippen LogP contribution in [0.25, 0.3) is 44.5 Å². The van der Waals surface area contributed by atoms with Crippen LogP contribution in [0.5, 0.6) is 0 Å². The van der Waals surface area contributed by atoms with Crippen LogP contribution >= 0.6 is 0 Å². The molecule has 3 N–H and O–H groups in total. The highest BCUT2D eigenvalue weighted by Crippen LogP contribution is 2.35. The number of nitrogens with two attached hydrogens (primary N) is 1. The normalized spacial score (nSPS) is 12.0. The molecular formula is C25H17F3N8O. The van der Waals surface area contributed by atoms with Gasteiger partial charge in [0.1, 0.15) is 12.1 Å². The number of benzene rings is 2. The lowest BCUT2D eigenvalue weighted by atomic mass is 10.0. The maximum absolute atomic E-state index is 13.5. The first-order valence-electron chi connectivity index (χ1n) is 11.1. The summed E-state index contributed by atoms with van der Waals surface area (Å²) in [5, 5.41) is 11.4. The van der Waals surface area contributed by atoms with E-state index in [4.69, 9.17) is 5.73 Å². The van der Waals surface area contributed by atoms with Crippen LogP contribution < -0.4 is 11.1 Å². The highest BCUT2D eigenvalue weighted by molar-refractivity contribution is 6.06. The summed E-state index contributed by atoms with van der Waals surface area (Å²) in [5.41, 5.74) is 8.36. The Labute approximate surface area is 206 Å². The van der Waals surface area contributed by atoms with E-state index < -0.39 is 11.7 Å². The van der Waals surface area contributed by atoms with E-state index in [1.807, 2.05) is 18.2 Å². The van der Waals surface area contributed by atoms with Crippen molar-refractivity contribution in [3.63, 3.8) is 0 Å². The predicted octanol–water partition coefficient (Wildman–Crippen LogP) is 4.20. The van der Waals surface area contributed by atoms with E-state index in [9.17, 15) is 18.0 Å². The van der Waals surface area contributed by atoms with E-state index in [1.165, 1.54) is 12.4 Å². The van der Waals surface area contributed by atoms with Crippen molar-refractivity contribution in [3.8, 4) is 16.8 Å². The third-order valence-corrected chi connectivity index (χ3v) is 6.01. The molecule has 4 aromatic heterocycles. The Morgan fingerprint density at radius 3 is 2.59 bits per heavy atom. The van der Waals surface area contributed by atoms with Gasteiger partial charge in [0.15, 0.2) is 0 Å². The first-order chi connectivity index (χ1) is 17.8. The molecule has 9 nitrogen and oxygen atoms in total. The monoisotopic (exact) mass is 502 g/mol. The van der Waals surface area contributed by atoms with Gasteiger partial charge in [-0.1, -0.05) is 12.1 Å². The molecule has 0 atom stereocenters. The van der Waals surface area contributed by atoms with Crippen molar-refractivity contribution < 1.29 is 18.0 Å². The number of anilines is 1. The number of aromatic nitrogens is 6. The lowest BCUT2D eigenvalue weighted by Crippen LogP contribution is -2.22. The molecule has 0 saturated heterocycles. The van der Waals surface area contributed by atoms with Gasteiger partial charge >= 0.3 is 6.18 Å². The summed E-state index contributed by atoms with van der Waals surface area (Å²) in [7, 11) is 0. The van der Waals surface area contributed by atoms with E-state index in [0.29, 0.717) is 39.2 Å². The Bertz CT molecular complexity index is 1810. The molecule has 0 saturated carbocycles. The topological polar surface area (TPSA) is 116 Å². The van der Waals surface area contributed by atoms with E-state index in [-0.39, 0.29) is 12.5 Å². The summed E-state index contributed by atoms with van der Waals surface area (Å²) in [6.07, 6.45) is 0.262. The number of carbonyl (C=O) groups is 1. The molecule has 4 heterocycles. The van der Waals surface area contributed by atoms with Crippen molar-refractivity contribution in [1.82, 2.24) is 29.1 Å². The third-order valence-electron chi connectivity index (χ3n) is 6.01. The second kappa shape index (κ2) is 8.38. The highest BCUT2D eigenvalue weighted by atomic mass is 19.4. The fourth-order valence-corrected chi connectivity index (χ4v) is 4.31. The molecule has 1 amide bonds. The molecule has 0 spiro atoms. The summed E-state index contributed by atoms with van der Waals surface area (Å²) >= 11 is 0. The molecule has 6 aromatic rings. The standard InChI is InChI=1S/C25H17F3N8O/c26-25(27,28)16-2-1-3-17(9-16)36-23-18-8-14(15-5-7-21(31-11-15)33-22(37)10-29)4-6-19(18)30-12-20(23)35-13-32-34-24(35)36/h1-9,11-13H,10,29H2,(H,31,33,37). The van der Waals surface area contributed by atoms with Crippen molar-refractivity contribution in [2.75, 3.05) is 11.9 Å². The number of hydrogen-bond donors (Lipinski definition) is 2. The number of alkyl halides is 3. The summed E-state index contributed by atoms with van der Waals surface area (Å²) in [6.45, 7) is -0.151. The molecule has 0 radical (unpaired) electrons. The lowest BCUT2D eigenvalue weighted by molar-refractivity contribution is -0.137. The summed E-state index contributed by atoms with van der Waals surface area (Å²) in [4.78, 5) is 20.3. The van der Waals surface area contributed by atoms with Gasteiger partial charge in [-0.3, -0.25) is 18.7 Å². The largest absolute Gasteiger partial charge is 0.416 e. The van der Waals surface area contributed by atoms with Crippen LogP contribution in [0.3, 0.4) is 0 Å². The summed E-state index contributed by atoms with van der Waals surface area (Å²) < 4.78 is 43.8. The maximum Gasteiger partial charge on any atom is 0.416 e. The Morgan fingerprint density at radius 1 is 1.00 bits per heavy atom. The van der Waals surface area contributed by atoms with Gasteiger partial charge in [-0.05, 0) is 48.0 Å². The summed E-state index contributed by atoms with van der Waals surface area (Å²) in [5.74, 6) is 0.376. The van der Waals surface area contributed by atoms with E-state index in [2.05, 4.69) is 25.5 Å². The van der Waals surface area contributed by atoms with Crippen LogP contribution in [0.1, 0.15) is 5.56 Å². The second-order valence-corrected chi connectivity index (χ2v) is 8.29. The van der Waals surface area contributed by atoms with Crippen LogP contribution in [0, 0.1) is 0 Å². The van der Waals surface area contributed by atoms with E-state index in [0.717, 1.165) is 23.3 Å². The molecule has 0 unspecified atom stereocenters. The Morgan fingerprint density at radius 2 is 1.84 bits per heavy atom. The minimum Gasteiger partial charge on any atom is -0.322 e. The minimum atomic E-state index is -4.50. The second-order valence-electron chi connectivity index (χ2n) is 8.29. The molecule has 2 aromatic carbocycles. The molecular weight excluding hydrogens is 485 g/mol.